The zero-order chi connectivity index (χ0) is 19.4. The Labute approximate surface area is 155 Å². The van der Waals surface area contributed by atoms with Crippen molar-refractivity contribution in [2.45, 2.75) is 46.7 Å². The monoisotopic (exact) mass is 356 g/mol. The molecular formula is C21H28N2O3. The van der Waals surface area contributed by atoms with Crippen LogP contribution in [-0.2, 0) is 9.53 Å². The highest BCUT2D eigenvalue weighted by molar-refractivity contribution is 5.98. The molecule has 2 aromatic rings. The molecule has 0 fully saturated rings. The molecule has 2 rings (SSSR count). The number of amides is 1. The van der Waals surface area contributed by atoms with Crippen LogP contribution in [0.1, 0.15) is 54.1 Å². The van der Waals surface area contributed by atoms with Crippen molar-refractivity contribution in [3.05, 3.63) is 58.9 Å². The Kier molecular flexibility index (Phi) is 6.24. The third-order valence-electron chi connectivity index (χ3n) is 4.81. The van der Waals surface area contributed by atoms with Crippen molar-refractivity contribution in [1.29, 1.82) is 0 Å². The van der Waals surface area contributed by atoms with Gasteiger partial charge in [-0.1, -0.05) is 44.2 Å². The van der Waals surface area contributed by atoms with Crippen LogP contribution >= 0.6 is 0 Å². The van der Waals surface area contributed by atoms with Gasteiger partial charge in [-0.25, -0.2) is 4.79 Å². The number of carbonyl (C=O) groups is 2. The number of esters is 1. The summed E-state index contributed by atoms with van der Waals surface area (Å²) >= 11 is 0. The molecule has 0 aliphatic heterocycles. The summed E-state index contributed by atoms with van der Waals surface area (Å²) in [7, 11) is 1.33. The van der Waals surface area contributed by atoms with Crippen LogP contribution in [0.2, 0.25) is 0 Å². The highest BCUT2D eigenvalue weighted by Crippen LogP contribution is 2.25. The molecule has 0 aliphatic rings. The summed E-state index contributed by atoms with van der Waals surface area (Å²) in [6.07, 6.45) is 0. The average Bonchev–Trinajstić information content (AvgIpc) is 2.93. The van der Waals surface area contributed by atoms with Crippen LogP contribution in [0.15, 0.2) is 36.4 Å². The zero-order valence-corrected chi connectivity index (χ0v) is 16.4. The number of nitrogens with zero attached hydrogens (tertiary/aromatic N) is 1. The standard InChI is InChI=1S/C21H28N2O3/c1-13(2)19(21(25)26-6)22-20(24)18-12-14(3)23(16(18)5)15(4)17-10-8-7-9-11-17/h7-13,15,19H,1-6H3,(H,22,24). The third-order valence-corrected chi connectivity index (χ3v) is 4.81. The molecule has 140 valence electrons. The van der Waals surface area contributed by atoms with Gasteiger partial charge in [-0.3, -0.25) is 4.79 Å². The van der Waals surface area contributed by atoms with Crippen molar-refractivity contribution < 1.29 is 14.3 Å². The van der Waals surface area contributed by atoms with Gasteiger partial charge in [0.05, 0.1) is 18.7 Å². The van der Waals surface area contributed by atoms with Crippen molar-refractivity contribution in [1.82, 2.24) is 9.88 Å². The maximum Gasteiger partial charge on any atom is 0.328 e. The molecule has 0 saturated carbocycles. The molecule has 26 heavy (non-hydrogen) atoms. The second-order valence-electron chi connectivity index (χ2n) is 6.96. The summed E-state index contributed by atoms with van der Waals surface area (Å²) in [4.78, 5) is 24.7. The number of hydrogen-bond acceptors (Lipinski definition) is 3. The minimum Gasteiger partial charge on any atom is -0.467 e. The summed E-state index contributed by atoms with van der Waals surface area (Å²) < 4.78 is 6.95. The molecular weight excluding hydrogens is 328 g/mol. The van der Waals surface area contributed by atoms with Crippen molar-refractivity contribution in [2.24, 2.45) is 5.92 Å². The molecule has 1 aromatic carbocycles. The molecule has 2 atom stereocenters. The number of hydrogen-bond donors (Lipinski definition) is 1. The van der Waals surface area contributed by atoms with Gasteiger partial charge in [-0.15, -0.1) is 0 Å². The smallest absolute Gasteiger partial charge is 0.328 e. The summed E-state index contributed by atoms with van der Waals surface area (Å²) in [5.41, 5.74) is 3.64. The van der Waals surface area contributed by atoms with Crippen LogP contribution < -0.4 is 5.32 Å². The number of rotatable bonds is 6. The highest BCUT2D eigenvalue weighted by atomic mass is 16.5. The predicted octanol–water partition coefficient (Wildman–Crippen LogP) is 3.64. The molecule has 2 unspecified atom stereocenters. The van der Waals surface area contributed by atoms with Crippen LogP contribution in [0.3, 0.4) is 0 Å². The summed E-state index contributed by atoms with van der Waals surface area (Å²) in [6.45, 7) is 9.79. The van der Waals surface area contributed by atoms with E-state index in [1.54, 1.807) is 0 Å². The van der Waals surface area contributed by atoms with Gasteiger partial charge in [0, 0.05) is 11.4 Å². The molecule has 0 saturated heterocycles. The Bertz CT molecular complexity index is 778. The Hall–Kier alpha value is -2.56. The number of ether oxygens (including phenoxy) is 1. The van der Waals surface area contributed by atoms with E-state index >= 15 is 0 Å². The third kappa shape index (κ3) is 3.98. The van der Waals surface area contributed by atoms with E-state index in [0.717, 1.165) is 11.4 Å². The van der Waals surface area contributed by atoms with Gasteiger partial charge < -0.3 is 14.6 Å². The summed E-state index contributed by atoms with van der Waals surface area (Å²) in [6, 6.07) is 11.5. The van der Waals surface area contributed by atoms with Gasteiger partial charge in [0.1, 0.15) is 6.04 Å². The maximum atomic E-state index is 12.8. The van der Waals surface area contributed by atoms with Gasteiger partial charge >= 0.3 is 5.97 Å². The van der Waals surface area contributed by atoms with E-state index in [1.807, 2.05) is 52.0 Å². The van der Waals surface area contributed by atoms with E-state index in [0.29, 0.717) is 5.56 Å². The molecule has 5 heteroatoms. The van der Waals surface area contributed by atoms with Gasteiger partial charge in [0.25, 0.3) is 5.91 Å². The van der Waals surface area contributed by atoms with Crippen molar-refractivity contribution in [3.63, 3.8) is 0 Å². The number of methoxy groups -OCH3 is 1. The normalized spacial score (nSPS) is 13.3. The van der Waals surface area contributed by atoms with Crippen molar-refractivity contribution in [3.8, 4) is 0 Å². The summed E-state index contributed by atoms with van der Waals surface area (Å²) in [5, 5.41) is 2.82. The number of aromatic nitrogens is 1. The Morgan fingerprint density at radius 3 is 2.23 bits per heavy atom. The molecule has 0 bridgehead atoms. The molecule has 1 heterocycles. The van der Waals surface area contributed by atoms with E-state index in [9.17, 15) is 9.59 Å². The lowest BCUT2D eigenvalue weighted by Crippen LogP contribution is -2.45. The largest absolute Gasteiger partial charge is 0.467 e. The van der Waals surface area contributed by atoms with Gasteiger partial charge in [0.2, 0.25) is 0 Å². The first-order chi connectivity index (χ1) is 12.3. The number of aryl methyl sites for hydroxylation is 1. The quantitative estimate of drug-likeness (QED) is 0.804. The molecule has 5 nitrogen and oxygen atoms in total. The Balaban J connectivity index is 2.31. The predicted molar refractivity (Wildman–Crippen MR) is 102 cm³/mol. The van der Waals surface area contributed by atoms with Gasteiger partial charge in [-0.05, 0) is 38.3 Å². The van der Waals surface area contributed by atoms with E-state index in [2.05, 4.69) is 28.9 Å². The number of carbonyl (C=O) groups excluding carboxylic acids is 2. The van der Waals surface area contributed by atoms with E-state index in [4.69, 9.17) is 4.74 Å². The van der Waals surface area contributed by atoms with Crippen LogP contribution in [0.4, 0.5) is 0 Å². The second-order valence-corrected chi connectivity index (χ2v) is 6.96. The fourth-order valence-electron chi connectivity index (χ4n) is 3.33. The van der Waals surface area contributed by atoms with Crippen LogP contribution in [-0.4, -0.2) is 29.6 Å². The number of nitrogens with one attached hydrogen (secondary N) is 1. The zero-order valence-electron chi connectivity index (χ0n) is 16.4. The minimum absolute atomic E-state index is 0.0573. The van der Waals surface area contributed by atoms with Crippen molar-refractivity contribution in [2.75, 3.05) is 7.11 Å². The van der Waals surface area contributed by atoms with Crippen LogP contribution in [0, 0.1) is 19.8 Å². The van der Waals surface area contributed by atoms with E-state index in [-0.39, 0.29) is 17.9 Å². The first kappa shape index (κ1) is 19.8. The Morgan fingerprint density at radius 2 is 1.69 bits per heavy atom. The molecule has 0 aliphatic carbocycles. The average molecular weight is 356 g/mol. The lowest BCUT2D eigenvalue weighted by molar-refractivity contribution is -0.144. The summed E-state index contributed by atoms with van der Waals surface area (Å²) in [5.74, 6) is -0.744. The molecule has 0 radical (unpaired) electrons. The molecule has 1 aromatic heterocycles. The highest BCUT2D eigenvalue weighted by Gasteiger charge is 2.27. The van der Waals surface area contributed by atoms with E-state index < -0.39 is 12.0 Å². The molecule has 1 amide bonds. The van der Waals surface area contributed by atoms with Crippen LogP contribution in [0.5, 0.6) is 0 Å². The molecule has 0 spiro atoms. The molecule has 1 N–H and O–H groups in total. The fraction of sp³-hybridized carbons (Fsp3) is 0.429. The first-order valence-electron chi connectivity index (χ1n) is 8.90. The van der Waals surface area contributed by atoms with E-state index in [1.165, 1.54) is 12.7 Å². The fourth-order valence-corrected chi connectivity index (χ4v) is 3.33. The van der Waals surface area contributed by atoms with Crippen LogP contribution in [0.25, 0.3) is 0 Å². The minimum atomic E-state index is -0.665. The number of benzene rings is 1. The Morgan fingerprint density at radius 1 is 1.08 bits per heavy atom. The van der Waals surface area contributed by atoms with Crippen molar-refractivity contribution >= 4 is 11.9 Å². The lowest BCUT2D eigenvalue weighted by Gasteiger charge is -2.21. The van der Waals surface area contributed by atoms with Gasteiger partial charge in [-0.2, -0.15) is 0 Å². The van der Waals surface area contributed by atoms with Gasteiger partial charge in [0.15, 0.2) is 0 Å². The second kappa shape index (κ2) is 8.21. The first-order valence-corrected chi connectivity index (χ1v) is 8.90. The SMILES string of the molecule is COC(=O)C(NC(=O)c1cc(C)n(C(C)c2ccccc2)c1C)C(C)C. The lowest BCUT2D eigenvalue weighted by atomic mass is 10.0. The maximum absolute atomic E-state index is 12.8. The topological polar surface area (TPSA) is 60.3 Å².